The van der Waals surface area contributed by atoms with E-state index in [9.17, 15) is 0 Å². The van der Waals surface area contributed by atoms with Gasteiger partial charge in [-0.15, -0.1) is 11.3 Å². The van der Waals surface area contributed by atoms with Crippen LogP contribution in [0.1, 0.15) is 65.9 Å². The Hall–Kier alpha value is -0.450. The van der Waals surface area contributed by atoms with Crippen molar-refractivity contribution in [3.8, 4) is 0 Å². The summed E-state index contributed by atoms with van der Waals surface area (Å²) in [5, 5.41) is 5.05. The maximum absolute atomic E-state index is 5.64. The molecule has 110 valence electrons. The van der Waals surface area contributed by atoms with Crippen molar-refractivity contribution in [2.75, 3.05) is 19.8 Å². The lowest BCUT2D eigenvalue weighted by Crippen LogP contribution is -2.26. The van der Waals surface area contributed by atoms with Gasteiger partial charge < -0.3 is 10.1 Å². The summed E-state index contributed by atoms with van der Waals surface area (Å²) in [7, 11) is 0. The van der Waals surface area contributed by atoms with Crippen molar-refractivity contribution in [3.05, 3.63) is 15.6 Å². The number of nitrogens with zero attached hydrogens (tertiary/aromatic N) is 1. The average molecular weight is 292 g/mol. The molecule has 2 fully saturated rings. The topological polar surface area (TPSA) is 34.1 Å². The zero-order valence-corrected chi connectivity index (χ0v) is 12.9. The first kappa shape index (κ1) is 13.2. The van der Waals surface area contributed by atoms with Gasteiger partial charge in [-0.1, -0.05) is 0 Å². The van der Waals surface area contributed by atoms with Gasteiger partial charge in [0.05, 0.1) is 17.3 Å². The first-order chi connectivity index (χ1) is 9.90. The van der Waals surface area contributed by atoms with E-state index in [1.165, 1.54) is 55.6 Å². The van der Waals surface area contributed by atoms with E-state index in [-0.39, 0.29) is 0 Å². The first-order valence-electron chi connectivity index (χ1n) is 8.21. The van der Waals surface area contributed by atoms with Gasteiger partial charge in [-0.25, -0.2) is 4.98 Å². The molecule has 3 nitrogen and oxygen atoms in total. The van der Waals surface area contributed by atoms with Crippen molar-refractivity contribution in [1.82, 2.24) is 10.3 Å². The lowest BCUT2D eigenvalue weighted by atomic mass is 9.91. The van der Waals surface area contributed by atoms with E-state index in [0.29, 0.717) is 11.8 Å². The highest BCUT2D eigenvalue weighted by molar-refractivity contribution is 7.11. The van der Waals surface area contributed by atoms with Gasteiger partial charge in [0.2, 0.25) is 0 Å². The highest BCUT2D eigenvalue weighted by Gasteiger charge is 2.29. The Morgan fingerprint density at radius 2 is 2.15 bits per heavy atom. The monoisotopic (exact) mass is 292 g/mol. The number of ether oxygens (including phenoxy) is 1. The summed E-state index contributed by atoms with van der Waals surface area (Å²) in [6.07, 6.45) is 9.12. The van der Waals surface area contributed by atoms with E-state index in [0.717, 1.165) is 25.8 Å². The van der Waals surface area contributed by atoms with Crippen LogP contribution >= 0.6 is 11.3 Å². The third-order valence-electron chi connectivity index (χ3n) is 4.83. The molecular formula is C16H24N2OS. The highest BCUT2D eigenvalue weighted by Crippen LogP contribution is 2.38. The molecule has 0 amide bonds. The Bertz CT molecular complexity index is 463. The average Bonchev–Trinajstić information content (AvgIpc) is 3.22. The second kappa shape index (κ2) is 5.74. The minimum absolute atomic E-state index is 0.566. The summed E-state index contributed by atoms with van der Waals surface area (Å²) < 4.78 is 5.64. The summed E-state index contributed by atoms with van der Waals surface area (Å²) >= 11 is 1.98. The van der Waals surface area contributed by atoms with E-state index in [1.807, 2.05) is 11.3 Å². The molecule has 1 aromatic rings. The van der Waals surface area contributed by atoms with Crippen LogP contribution in [-0.2, 0) is 11.2 Å². The summed E-state index contributed by atoms with van der Waals surface area (Å²) in [4.78, 5) is 6.62. The van der Waals surface area contributed by atoms with Gasteiger partial charge in [0.15, 0.2) is 0 Å². The number of thiazole rings is 1. The minimum atomic E-state index is 0.566. The fourth-order valence-electron chi connectivity index (χ4n) is 3.43. The summed E-state index contributed by atoms with van der Waals surface area (Å²) in [5.41, 5.74) is 1.43. The molecule has 2 atom stereocenters. The van der Waals surface area contributed by atoms with Crippen molar-refractivity contribution < 1.29 is 4.74 Å². The molecule has 1 aliphatic heterocycles. The van der Waals surface area contributed by atoms with Gasteiger partial charge in [0.1, 0.15) is 0 Å². The third-order valence-corrected chi connectivity index (χ3v) is 6.12. The molecule has 0 bridgehead atoms. The van der Waals surface area contributed by atoms with E-state index in [2.05, 4.69) is 5.32 Å². The molecule has 1 aromatic heterocycles. The molecular weight excluding hydrogens is 268 g/mol. The molecule has 2 aliphatic carbocycles. The third kappa shape index (κ3) is 2.78. The van der Waals surface area contributed by atoms with Gasteiger partial charge in [0.25, 0.3) is 0 Å². The molecule has 1 N–H and O–H groups in total. The molecule has 2 unspecified atom stereocenters. The normalized spacial score (nSPS) is 30.2. The summed E-state index contributed by atoms with van der Waals surface area (Å²) in [5.74, 6) is 1.23. The predicted molar refractivity (Wildman–Crippen MR) is 81.6 cm³/mol. The SMILES string of the molecule is C1COCC(c2nc3c(s2)CCCC3CNC2CC2)C1. The summed E-state index contributed by atoms with van der Waals surface area (Å²) in [6.45, 7) is 2.97. The van der Waals surface area contributed by atoms with Gasteiger partial charge in [-0.3, -0.25) is 0 Å². The van der Waals surface area contributed by atoms with Crippen LogP contribution in [0.3, 0.4) is 0 Å². The number of fused-ring (bicyclic) bond motifs is 1. The van der Waals surface area contributed by atoms with Crippen LogP contribution in [0.25, 0.3) is 0 Å². The van der Waals surface area contributed by atoms with E-state index in [4.69, 9.17) is 9.72 Å². The molecule has 0 radical (unpaired) electrons. The second-order valence-electron chi connectivity index (χ2n) is 6.55. The van der Waals surface area contributed by atoms with Crippen LogP contribution in [0.15, 0.2) is 0 Å². The van der Waals surface area contributed by atoms with E-state index < -0.39 is 0 Å². The number of aryl methyl sites for hydroxylation is 1. The summed E-state index contributed by atoms with van der Waals surface area (Å²) in [6, 6.07) is 0.810. The zero-order valence-electron chi connectivity index (χ0n) is 12.1. The number of hydrogen-bond acceptors (Lipinski definition) is 4. The van der Waals surface area contributed by atoms with Crippen LogP contribution < -0.4 is 5.32 Å². The van der Waals surface area contributed by atoms with Crippen LogP contribution in [0.2, 0.25) is 0 Å². The maximum atomic E-state index is 5.64. The van der Waals surface area contributed by atoms with Crippen molar-refractivity contribution in [2.45, 2.75) is 62.8 Å². The number of rotatable bonds is 4. The maximum Gasteiger partial charge on any atom is 0.0985 e. The lowest BCUT2D eigenvalue weighted by Gasteiger charge is -2.21. The molecule has 1 saturated carbocycles. The van der Waals surface area contributed by atoms with Gasteiger partial charge in [-0.05, 0) is 44.9 Å². The molecule has 2 heterocycles. The standard InChI is InChI=1S/C16H24N2OS/c1-3-11(9-17-13-6-7-13)15-14(5-1)20-16(18-15)12-4-2-8-19-10-12/h11-13,17H,1-10H2. The molecule has 0 spiro atoms. The van der Waals surface area contributed by atoms with E-state index >= 15 is 0 Å². The van der Waals surface area contributed by atoms with Gasteiger partial charge in [-0.2, -0.15) is 0 Å². The van der Waals surface area contributed by atoms with Crippen LogP contribution in [0, 0.1) is 0 Å². The van der Waals surface area contributed by atoms with Crippen LogP contribution in [0.5, 0.6) is 0 Å². The Morgan fingerprint density at radius 1 is 1.20 bits per heavy atom. The largest absolute Gasteiger partial charge is 0.381 e. The number of aromatic nitrogens is 1. The van der Waals surface area contributed by atoms with Crippen LogP contribution in [0.4, 0.5) is 0 Å². The Balaban J connectivity index is 1.49. The molecule has 20 heavy (non-hydrogen) atoms. The fourth-order valence-corrected chi connectivity index (χ4v) is 4.74. The molecule has 4 heteroatoms. The first-order valence-corrected chi connectivity index (χ1v) is 9.02. The molecule has 1 saturated heterocycles. The predicted octanol–water partition coefficient (Wildman–Crippen LogP) is 3.21. The van der Waals surface area contributed by atoms with Crippen LogP contribution in [-0.4, -0.2) is 30.8 Å². The highest BCUT2D eigenvalue weighted by atomic mass is 32.1. The zero-order chi connectivity index (χ0) is 13.4. The second-order valence-corrected chi connectivity index (χ2v) is 7.66. The minimum Gasteiger partial charge on any atom is -0.381 e. The quantitative estimate of drug-likeness (QED) is 0.925. The van der Waals surface area contributed by atoms with Crippen molar-refractivity contribution in [1.29, 1.82) is 0 Å². The van der Waals surface area contributed by atoms with Gasteiger partial charge >= 0.3 is 0 Å². The lowest BCUT2D eigenvalue weighted by molar-refractivity contribution is 0.0803. The van der Waals surface area contributed by atoms with E-state index in [1.54, 1.807) is 4.88 Å². The molecule has 0 aromatic carbocycles. The number of nitrogens with one attached hydrogen (secondary N) is 1. The van der Waals surface area contributed by atoms with Crippen molar-refractivity contribution >= 4 is 11.3 Å². The van der Waals surface area contributed by atoms with Crippen molar-refractivity contribution in [3.63, 3.8) is 0 Å². The Kier molecular flexibility index (Phi) is 3.80. The molecule has 4 rings (SSSR count). The Labute approximate surface area is 125 Å². The fraction of sp³-hybridized carbons (Fsp3) is 0.812. The number of hydrogen-bond donors (Lipinski definition) is 1. The molecule has 3 aliphatic rings. The van der Waals surface area contributed by atoms with Crippen molar-refractivity contribution in [2.24, 2.45) is 0 Å². The smallest absolute Gasteiger partial charge is 0.0985 e. The Morgan fingerprint density at radius 3 is 2.95 bits per heavy atom. The van der Waals surface area contributed by atoms with Gasteiger partial charge in [0, 0.05) is 35.9 Å².